The summed E-state index contributed by atoms with van der Waals surface area (Å²) >= 11 is 7.18. The van der Waals surface area contributed by atoms with Gasteiger partial charge >= 0.3 is 0 Å². The second kappa shape index (κ2) is 7.39. The van der Waals surface area contributed by atoms with Gasteiger partial charge < -0.3 is 4.98 Å². The van der Waals surface area contributed by atoms with Gasteiger partial charge in [-0.3, -0.25) is 0 Å². The Balaban J connectivity index is 1.30. The molecule has 194 valence electrons. The summed E-state index contributed by atoms with van der Waals surface area (Å²) < 4.78 is 0. The molecule has 0 radical (unpaired) electrons. The van der Waals surface area contributed by atoms with E-state index in [2.05, 4.69) is 77.8 Å². The molecule has 5 aromatic rings. The fourth-order valence-electron chi connectivity index (χ4n) is 10.7. The van der Waals surface area contributed by atoms with Gasteiger partial charge in [0.25, 0.3) is 0 Å². The fraction of sp³-hybridized carbons (Fsp3) is 0.324. The molecule has 0 unspecified atom stereocenters. The quantitative estimate of drug-likeness (QED) is 0.223. The Kier molecular flexibility index (Phi) is 4.10. The van der Waals surface area contributed by atoms with Crippen molar-refractivity contribution in [2.24, 2.45) is 17.8 Å². The molecular weight excluding hydrogens is 508 g/mol. The van der Waals surface area contributed by atoms with E-state index in [0.29, 0.717) is 0 Å². The largest absolute Gasteiger partial charge is 0.353 e. The van der Waals surface area contributed by atoms with Crippen LogP contribution in [0, 0.1) is 29.1 Å². The number of aromatic nitrogens is 1. The molecule has 0 amide bonds. The van der Waals surface area contributed by atoms with E-state index in [1.807, 2.05) is 0 Å². The maximum Gasteiger partial charge on any atom is 0.0995 e. The van der Waals surface area contributed by atoms with Crippen molar-refractivity contribution in [2.45, 2.75) is 55.8 Å². The van der Waals surface area contributed by atoms with Crippen molar-refractivity contribution in [3.63, 3.8) is 0 Å². The van der Waals surface area contributed by atoms with E-state index >= 15 is 0 Å². The highest BCUT2D eigenvalue weighted by Gasteiger charge is 2.52. The van der Waals surface area contributed by atoms with Crippen LogP contribution in [0.5, 0.6) is 0 Å². The summed E-state index contributed by atoms with van der Waals surface area (Å²) in [6, 6.07) is 27.3. The van der Waals surface area contributed by atoms with Crippen LogP contribution in [0.25, 0.3) is 21.8 Å². The number of rotatable bonds is 1. The number of hydrogen-bond donors (Lipinski definition) is 1. The van der Waals surface area contributed by atoms with Gasteiger partial charge in [0, 0.05) is 28.1 Å². The van der Waals surface area contributed by atoms with E-state index in [4.69, 9.17) is 11.6 Å². The minimum Gasteiger partial charge on any atom is -0.353 e. The van der Waals surface area contributed by atoms with Crippen LogP contribution < -0.4 is 0 Å². The lowest BCUT2D eigenvalue weighted by atomic mass is 9.48. The van der Waals surface area contributed by atoms with Crippen LogP contribution in [0.15, 0.2) is 66.7 Å². The summed E-state index contributed by atoms with van der Waals surface area (Å²) in [4.78, 5) is 3.70. The fourth-order valence-corrected chi connectivity index (χ4v) is 10.9. The lowest BCUT2D eigenvalue weighted by Crippen LogP contribution is -2.48. The lowest BCUT2D eigenvalue weighted by Gasteiger charge is -2.57. The van der Waals surface area contributed by atoms with Crippen molar-refractivity contribution in [1.82, 2.24) is 4.98 Å². The van der Waals surface area contributed by atoms with Crippen LogP contribution in [0.1, 0.15) is 94.9 Å². The van der Waals surface area contributed by atoms with Gasteiger partial charge in [0.15, 0.2) is 0 Å². The molecule has 0 spiro atoms. The first-order valence-corrected chi connectivity index (χ1v) is 15.4. The van der Waals surface area contributed by atoms with Crippen molar-refractivity contribution in [3.05, 3.63) is 116 Å². The molecule has 1 N–H and O–H groups in total. The van der Waals surface area contributed by atoms with Gasteiger partial charge in [0.2, 0.25) is 0 Å². The first-order valence-electron chi connectivity index (χ1n) is 15.0. The Morgan fingerprint density at radius 3 is 1.85 bits per heavy atom. The number of halogens is 1. The molecule has 7 aliphatic carbocycles. The van der Waals surface area contributed by atoms with E-state index in [0.717, 1.165) is 39.4 Å². The first kappa shape index (κ1) is 22.2. The topological polar surface area (TPSA) is 39.6 Å². The molecule has 6 bridgehead atoms. The van der Waals surface area contributed by atoms with Crippen molar-refractivity contribution >= 4 is 33.4 Å². The predicted molar refractivity (Wildman–Crippen MR) is 160 cm³/mol. The average Bonchev–Trinajstić information content (AvgIpc) is 3.35. The van der Waals surface area contributed by atoms with E-state index in [-0.39, 0.29) is 17.3 Å². The average molecular weight is 537 g/mol. The third-order valence-corrected chi connectivity index (χ3v) is 11.9. The molecule has 4 saturated carbocycles. The molecule has 0 saturated heterocycles. The number of hydrogen-bond acceptors (Lipinski definition) is 1. The van der Waals surface area contributed by atoms with E-state index < -0.39 is 0 Å². The highest BCUT2D eigenvalue weighted by molar-refractivity contribution is 6.36. The molecule has 1 aromatic heterocycles. The summed E-state index contributed by atoms with van der Waals surface area (Å²) in [5.41, 5.74) is 12.6. The maximum atomic E-state index is 10.5. The molecular formula is C37H29ClN2. The minimum atomic E-state index is 0.0817. The van der Waals surface area contributed by atoms with E-state index in [1.54, 1.807) is 0 Å². The Hall–Kier alpha value is -3.54. The van der Waals surface area contributed by atoms with Gasteiger partial charge in [-0.05, 0) is 119 Å². The predicted octanol–water partition coefficient (Wildman–Crippen LogP) is 9.30. The molecule has 0 aliphatic heterocycles. The summed E-state index contributed by atoms with van der Waals surface area (Å²) in [6.45, 7) is 0. The minimum absolute atomic E-state index is 0.0817. The van der Waals surface area contributed by atoms with Crippen LogP contribution in [0.2, 0.25) is 5.02 Å². The zero-order chi connectivity index (χ0) is 26.3. The zero-order valence-corrected chi connectivity index (χ0v) is 23.1. The van der Waals surface area contributed by atoms with E-state index in [1.165, 1.54) is 88.2 Å². The SMILES string of the molecule is N#Cc1cc2[nH]c3c(Cl)cc(C45CC6CC(CC(C6)C4)C5)cc3c2c2c1C1c3ccccc3C2c2ccccc21. The summed E-state index contributed by atoms with van der Waals surface area (Å²) in [6.07, 6.45) is 8.29. The van der Waals surface area contributed by atoms with Crippen molar-refractivity contribution in [2.75, 3.05) is 0 Å². The molecule has 3 heteroatoms. The Labute approximate surface area is 239 Å². The summed E-state index contributed by atoms with van der Waals surface area (Å²) in [7, 11) is 0. The maximum absolute atomic E-state index is 10.5. The molecule has 4 fully saturated rings. The van der Waals surface area contributed by atoms with Gasteiger partial charge in [-0.25, -0.2) is 0 Å². The molecule has 4 aromatic carbocycles. The van der Waals surface area contributed by atoms with Crippen LogP contribution in [0.4, 0.5) is 0 Å². The highest BCUT2D eigenvalue weighted by atomic mass is 35.5. The molecule has 40 heavy (non-hydrogen) atoms. The standard InChI is InChI=1S/C37H29ClN2/c38-29-14-23(37-15-19-9-20(16-37)11-21(10-19)17-37)13-28-34-30(40-36(28)29)12-22(18-39)31-32-24-5-1-3-7-26(24)33(35(31)34)27-8-4-2-6-25(27)32/h1-8,12-14,19-21,32-33,40H,9-11,15-17H2. The number of H-pyrrole nitrogens is 1. The second-order valence-electron chi connectivity index (χ2n) is 13.6. The van der Waals surface area contributed by atoms with Gasteiger partial charge in [-0.1, -0.05) is 60.1 Å². The number of nitrogens with one attached hydrogen (secondary N) is 1. The number of fused-ring (bicyclic) bond motifs is 3. The van der Waals surface area contributed by atoms with Gasteiger partial charge in [-0.2, -0.15) is 5.26 Å². The molecule has 0 atom stereocenters. The van der Waals surface area contributed by atoms with E-state index in [9.17, 15) is 5.26 Å². The third-order valence-electron chi connectivity index (χ3n) is 11.6. The molecule has 12 rings (SSSR count). The normalized spacial score (nSPS) is 30.4. The molecule has 7 aliphatic rings. The molecule has 2 nitrogen and oxygen atoms in total. The number of nitrogens with zero attached hydrogens (tertiary/aromatic N) is 1. The van der Waals surface area contributed by atoms with Crippen molar-refractivity contribution in [1.29, 1.82) is 5.26 Å². The van der Waals surface area contributed by atoms with Crippen LogP contribution in [-0.2, 0) is 5.41 Å². The van der Waals surface area contributed by atoms with Crippen LogP contribution in [-0.4, -0.2) is 4.98 Å². The van der Waals surface area contributed by atoms with Crippen LogP contribution in [0.3, 0.4) is 0 Å². The second-order valence-corrected chi connectivity index (χ2v) is 14.0. The zero-order valence-electron chi connectivity index (χ0n) is 22.3. The smallest absolute Gasteiger partial charge is 0.0995 e. The Morgan fingerprint density at radius 1 is 0.750 bits per heavy atom. The van der Waals surface area contributed by atoms with Gasteiger partial charge in [0.1, 0.15) is 0 Å². The number of nitriles is 1. The monoisotopic (exact) mass is 536 g/mol. The number of benzene rings is 4. The third kappa shape index (κ3) is 2.62. The van der Waals surface area contributed by atoms with Crippen LogP contribution >= 0.6 is 11.6 Å². The van der Waals surface area contributed by atoms with Crippen molar-refractivity contribution in [3.8, 4) is 6.07 Å². The first-order chi connectivity index (χ1) is 19.6. The summed E-state index contributed by atoms with van der Waals surface area (Å²) in [5.74, 6) is 2.86. The Bertz CT molecular complexity index is 1900. The van der Waals surface area contributed by atoms with Crippen molar-refractivity contribution < 1.29 is 0 Å². The summed E-state index contributed by atoms with van der Waals surface area (Å²) in [5, 5.41) is 13.8. The van der Waals surface area contributed by atoms with Gasteiger partial charge in [-0.15, -0.1) is 0 Å². The highest BCUT2D eigenvalue weighted by Crippen LogP contribution is 2.62. The Morgan fingerprint density at radius 2 is 1.30 bits per heavy atom. The van der Waals surface area contributed by atoms with Gasteiger partial charge in [0.05, 0.1) is 22.2 Å². The number of aromatic amines is 1. The lowest BCUT2D eigenvalue weighted by molar-refractivity contribution is -0.00512. The molecule has 1 heterocycles.